The minimum absolute atomic E-state index is 0.744. The van der Waals surface area contributed by atoms with Gasteiger partial charge in [-0.15, -0.1) is 6.58 Å². The second-order valence-corrected chi connectivity index (χ2v) is 10.4. The molecule has 4 fully saturated rings. The number of hydrogen-bond acceptors (Lipinski definition) is 0. The van der Waals surface area contributed by atoms with E-state index in [0.29, 0.717) is 0 Å². The summed E-state index contributed by atoms with van der Waals surface area (Å²) in [6.45, 7) is 10.6. The van der Waals surface area contributed by atoms with Crippen LogP contribution in [0.15, 0.2) is 12.7 Å². The summed E-state index contributed by atoms with van der Waals surface area (Å²) in [5, 5.41) is 0. The quantitative estimate of drug-likeness (QED) is 0.442. The van der Waals surface area contributed by atoms with Gasteiger partial charge in [0.15, 0.2) is 0 Å². The first-order chi connectivity index (χ1) is 12.7. The van der Waals surface area contributed by atoms with Crippen LogP contribution >= 0.6 is 0 Å². The fourth-order valence-corrected chi connectivity index (χ4v) is 7.90. The molecule has 0 bridgehead atoms. The van der Waals surface area contributed by atoms with E-state index in [-0.39, 0.29) is 0 Å². The Labute approximate surface area is 164 Å². The summed E-state index contributed by atoms with van der Waals surface area (Å²) in [6.07, 6.45) is 23.2. The molecule has 0 heterocycles. The van der Waals surface area contributed by atoms with E-state index in [4.69, 9.17) is 0 Å². The number of fused-ring (bicyclic) bond motifs is 5. The van der Waals surface area contributed by atoms with E-state index in [1.165, 1.54) is 25.7 Å². The standard InChI is InChI=1S/C22H38.C4H8/c1-3-4-7-16-9-11-19-18(16)13-14-21-20(19)12-10-17-8-5-6-15-22(17,21)2;1-3-4-2/h16-21H,3-15H2,1-2H3;3H,1,4H2,2H3. The Morgan fingerprint density at radius 2 is 1.62 bits per heavy atom. The number of rotatable bonds is 4. The lowest BCUT2D eigenvalue weighted by molar-refractivity contribution is -0.0871. The average Bonchev–Trinajstić information content (AvgIpc) is 3.09. The molecular weight excluding hydrogens is 312 g/mol. The zero-order valence-electron chi connectivity index (χ0n) is 18.1. The van der Waals surface area contributed by atoms with Crippen LogP contribution < -0.4 is 0 Å². The van der Waals surface area contributed by atoms with Crippen LogP contribution in [0, 0.1) is 40.9 Å². The molecule has 0 radical (unpaired) electrons. The highest BCUT2D eigenvalue weighted by molar-refractivity contribution is 5.04. The fourth-order valence-electron chi connectivity index (χ4n) is 7.90. The molecule has 0 aromatic heterocycles. The summed E-state index contributed by atoms with van der Waals surface area (Å²) in [5.74, 6) is 6.72. The maximum atomic E-state index is 3.48. The molecule has 7 atom stereocenters. The highest BCUT2D eigenvalue weighted by Crippen LogP contribution is 2.64. The predicted octanol–water partition coefficient (Wildman–Crippen LogP) is 8.42. The fraction of sp³-hybridized carbons (Fsp3) is 0.923. The largest absolute Gasteiger partial charge is 0.103 e. The van der Waals surface area contributed by atoms with Crippen molar-refractivity contribution < 1.29 is 0 Å². The van der Waals surface area contributed by atoms with Crippen LogP contribution in [0.4, 0.5) is 0 Å². The van der Waals surface area contributed by atoms with Crippen molar-refractivity contribution in [3.05, 3.63) is 12.7 Å². The Bertz CT molecular complexity index is 437. The van der Waals surface area contributed by atoms with Gasteiger partial charge in [-0.25, -0.2) is 0 Å². The topological polar surface area (TPSA) is 0 Å². The van der Waals surface area contributed by atoms with Crippen LogP contribution in [0.25, 0.3) is 0 Å². The second-order valence-electron chi connectivity index (χ2n) is 10.4. The molecule has 4 saturated carbocycles. The molecule has 0 nitrogen and oxygen atoms in total. The van der Waals surface area contributed by atoms with Gasteiger partial charge in [0.1, 0.15) is 0 Å². The molecule has 0 amide bonds. The molecule has 26 heavy (non-hydrogen) atoms. The number of unbranched alkanes of at least 4 members (excludes halogenated alkanes) is 1. The van der Waals surface area contributed by atoms with Gasteiger partial charge in [-0.3, -0.25) is 0 Å². The Morgan fingerprint density at radius 1 is 0.885 bits per heavy atom. The van der Waals surface area contributed by atoms with Crippen molar-refractivity contribution >= 4 is 0 Å². The van der Waals surface area contributed by atoms with Gasteiger partial charge in [0, 0.05) is 0 Å². The highest BCUT2D eigenvalue weighted by atomic mass is 14.6. The van der Waals surface area contributed by atoms with E-state index in [9.17, 15) is 0 Å². The summed E-state index contributed by atoms with van der Waals surface area (Å²) in [7, 11) is 0. The maximum Gasteiger partial charge on any atom is -0.0266 e. The maximum absolute atomic E-state index is 3.48. The molecule has 4 aliphatic carbocycles. The minimum Gasteiger partial charge on any atom is -0.103 e. The molecule has 0 aromatic carbocycles. The van der Waals surface area contributed by atoms with Crippen molar-refractivity contribution in [2.24, 2.45) is 40.9 Å². The minimum atomic E-state index is 0.744. The second kappa shape index (κ2) is 9.29. The summed E-state index contributed by atoms with van der Waals surface area (Å²) in [4.78, 5) is 0. The monoisotopic (exact) mass is 358 g/mol. The van der Waals surface area contributed by atoms with Gasteiger partial charge in [0.25, 0.3) is 0 Å². The average molecular weight is 359 g/mol. The molecule has 150 valence electrons. The third-order valence-electron chi connectivity index (χ3n) is 9.27. The molecule has 0 heteroatoms. The molecule has 0 aromatic rings. The van der Waals surface area contributed by atoms with Gasteiger partial charge < -0.3 is 0 Å². The van der Waals surface area contributed by atoms with Crippen molar-refractivity contribution in [3.8, 4) is 0 Å². The van der Waals surface area contributed by atoms with Gasteiger partial charge in [0.05, 0.1) is 0 Å². The predicted molar refractivity (Wildman–Crippen MR) is 115 cm³/mol. The molecule has 4 rings (SSSR count). The van der Waals surface area contributed by atoms with E-state index in [1.54, 1.807) is 57.8 Å². The normalized spacial score (nSPS) is 44.1. The van der Waals surface area contributed by atoms with Gasteiger partial charge >= 0.3 is 0 Å². The molecule has 0 saturated heterocycles. The van der Waals surface area contributed by atoms with Crippen molar-refractivity contribution in [1.29, 1.82) is 0 Å². The SMILES string of the molecule is C=CCC.CCCCC1CCC2C1CCC1C2CCC2CCCCC21C. The van der Waals surface area contributed by atoms with E-state index in [1.807, 2.05) is 6.08 Å². The smallest absolute Gasteiger partial charge is 0.0266 e. The first-order valence-corrected chi connectivity index (χ1v) is 12.3. The van der Waals surface area contributed by atoms with Crippen LogP contribution in [0.5, 0.6) is 0 Å². The zero-order valence-corrected chi connectivity index (χ0v) is 18.1. The van der Waals surface area contributed by atoms with Gasteiger partial charge in [-0.05, 0) is 98.7 Å². The first-order valence-electron chi connectivity index (χ1n) is 12.3. The van der Waals surface area contributed by atoms with Crippen LogP contribution in [0.1, 0.15) is 111 Å². The molecule has 4 aliphatic rings. The van der Waals surface area contributed by atoms with Gasteiger partial charge in [-0.1, -0.05) is 59.0 Å². The number of hydrogen-bond donors (Lipinski definition) is 0. The van der Waals surface area contributed by atoms with Crippen LogP contribution in [-0.2, 0) is 0 Å². The van der Waals surface area contributed by atoms with Crippen LogP contribution in [-0.4, -0.2) is 0 Å². The summed E-state index contributed by atoms with van der Waals surface area (Å²) < 4.78 is 0. The van der Waals surface area contributed by atoms with Crippen molar-refractivity contribution in [2.75, 3.05) is 0 Å². The third kappa shape index (κ3) is 3.95. The molecule has 0 N–H and O–H groups in total. The molecule has 0 aliphatic heterocycles. The van der Waals surface area contributed by atoms with Crippen LogP contribution in [0.2, 0.25) is 0 Å². The Hall–Kier alpha value is -0.260. The van der Waals surface area contributed by atoms with E-state index >= 15 is 0 Å². The lowest BCUT2D eigenvalue weighted by Crippen LogP contribution is -2.50. The Morgan fingerprint density at radius 3 is 2.35 bits per heavy atom. The zero-order chi connectivity index (χ0) is 18.6. The lowest BCUT2D eigenvalue weighted by Gasteiger charge is -2.58. The van der Waals surface area contributed by atoms with Gasteiger partial charge in [0.2, 0.25) is 0 Å². The Balaban J connectivity index is 0.000000447. The lowest BCUT2D eigenvalue weighted by atomic mass is 9.47. The van der Waals surface area contributed by atoms with Crippen LogP contribution in [0.3, 0.4) is 0 Å². The van der Waals surface area contributed by atoms with Crippen molar-refractivity contribution in [3.63, 3.8) is 0 Å². The number of allylic oxidation sites excluding steroid dienone is 1. The summed E-state index contributed by atoms with van der Waals surface area (Å²) in [6, 6.07) is 0. The molecular formula is C26H46. The third-order valence-corrected chi connectivity index (χ3v) is 9.27. The van der Waals surface area contributed by atoms with Crippen molar-refractivity contribution in [1.82, 2.24) is 0 Å². The molecule has 0 spiro atoms. The Kier molecular flexibility index (Phi) is 7.32. The summed E-state index contributed by atoms with van der Waals surface area (Å²) in [5.41, 5.74) is 0.744. The van der Waals surface area contributed by atoms with Crippen molar-refractivity contribution in [2.45, 2.75) is 111 Å². The summed E-state index contributed by atoms with van der Waals surface area (Å²) >= 11 is 0. The van der Waals surface area contributed by atoms with Gasteiger partial charge in [-0.2, -0.15) is 0 Å². The highest BCUT2D eigenvalue weighted by Gasteiger charge is 2.55. The van der Waals surface area contributed by atoms with E-state index in [2.05, 4.69) is 27.4 Å². The first kappa shape index (κ1) is 20.5. The van der Waals surface area contributed by atoms with E-state index in [0.717, 1.165) is 47.3 Å². The molecule has 7 unspecified atom stereocenters. The van der Waals surface area contributed by atoms with E-state index < -0.39 is 0 Å².